The van der Waals surface area contributed by atoms with E-state index in [0.29, 0.717) is 17.9 Å². The Morgan fingerprint density at radius 1 is 1.30 bits per heavy atom. The van der Waals surface area contributed by atoms with Crippen LogP contribution in [0.25, 0.3) is 17.2 Å². The van der Waals surface area contributed by atoms with Gasteiger partial charge in [-0.3, -0.25) is 4.79 Å². The highest BCUT2D eigenvalue weighted by Crippen LogP contribution is 2.29. The van der Waals surface area contributed by atoms with Gasteiger partial charge in [0.15, 0.2) is 5.58 Å². The number of oxazole rings is 1. The van der Waals surface area contributed by atoms with E-state index in [-0.39, 0.29) is 5.91 Å². The van der Waals surface area contributed by atoms with E-state index in [1.54, 1.807) is 12.2 Å². The Bertz CT molecular complexity index is 694. The predicted octanol–water partition coefficient (Wildman–Crippen LogP) is 2.87. The van der Waals surface area contributed by atoms with Crippen molar-refractivity contribution in [1.82, 2.24) is 9.88 Å². The lowest BCUT2D eigenvalue weighted by molar-refractivity contribution is -0.127. The number of fused-ring (bicyclic) bond motifs is 1. The average Bonchev–Trinajstić information content (AvgIpc) is 3.11. The molecule has 1 amide bonds. The van der Waals surface area contributed by atoms with Crippen LogP contribution in [0.15, 0.2) is 34.8 Å². The number of nitrogens with zero attached hydrogens (tertiary/aromatic N) is 2. The van der Waals surface area contributed by atoms with Gasteiger partial charge in [-0.15, -0.1) is 0 Å². The largest absolute Gasteiger partial charge is 0.437 e. The Kier molecular flexibility index (Phi) is 3.87. The maximum absolute atomic E-state index is 12.5. The van der Waals surface area contributed by atoms with Crippen LogP contribution < -0.4 is 0 Å². The van der Waals surface area contributed by atoms with Gasteiger partial charge in [-0.05, 0) is 31.4 Å². The minimum atomic E-state index is 0.0432. The lowest BCUT2D eigenvalue weighted by Gasteiger charge is -2.23. The first-order chi connectivity index (χ1) is 11.3. The van der Waals surface area contributed by atoms with Gasteiger partial charge in [0.1, 0.15) is 5.52 Å². The minimum Gasteiger partial charge on any atom is -0.437 e. The van der Waals surface area contributed by atoms with E-state index < -0.39 is 0 Å². The molecule has 1 saturated carbocycles. The molecule has 0 bridgehead atoms. The van der Waals surface area contributed by atoms with Crippen molar-refractivity contribution >= 4 is 23.1 Å². The Labute approximate surface area is 134 Å². The molecule has 23 heavy (non-hydrogen) atoms. The summed E-state index contributed by atoms with van der Waals surface area (Å²) in [6, 6.07) is 8.00. The molecule has 0 unspecified atom stereocenters. The van der Waals surface area contributed by atoms with Crippen molar-refractivity contribution in [2.45, 2.75) is 25.3 Å². The number of amides is 1. The smallest absolute Gasteiger partial charge is 0.247 e. The molecule has 1 aromatic carbocycles. The van der Waals surface area contributed by atoms with Gasteiger partial charge in [0.25, 0.3) is 0 Å². The topological polar surface area (TPSA) is 55.6 Å². The van der Waals surface area contributed by atoms with E-state index in [1.165, 1.54) is 0 Å². The number of rotatable bonds is 5. The Morgan fingerprint density at radius 3 is 2.91 bits per heavy atom. The van der Waals surface area contributed by atoms with Crippen LogP contribution in [-0.4, -0.2) is 41.6 Å². The fourth-order valence-corrected chi connectivity index (χ4v) is 3.01. The number of carbonyl (C=O) groups excluding carboxylic acids is 1. The number of hydrogen-bond donors (Lipinski definition) is 0. The molecule has 120 valence electrons. The molecule has 0 spiro atoms. The van der Waals surface area contributed by atoms with Crippen LogP contribution in [0.2, 0.25) is 0 Å². The van der Waals surface area contributed by atoms with E-state index in [1.807, 2.05) is 29.2 Å². The summed E-state index contributed by atoms with van der Waals surface area (Å²) in [5.41, 5.74) is 1.54. The molecule has 4 rings (SSSR count). The number of aromatic nitrogens is 1. The quantitative estimate of drug-likeness (QED) is 0.797. The SMILES string of the molecule is O=C(/C=C\c1nc2ccccc2o1)N(C[C@H]1CCOC1)C1CC1. The number of para-hydroxylation sites is 2. The van der Waals surface area contributed by atoms with Crippen molar-refractivity contribution < 1.29 is 13.9 Å². The second-order valence-electron chi connectivity index (χ2n) is 6.30. The van der Waals surface area contributed by atoms with Crippen molar-refractivity contribution in [1.29, 1.82) is 0 Å². The van der Waals surface area contributed by atoms with Gasteiger partial charge in [-0.25, -0.2) is 4.98 Å². The molecule has 0 N–H and O–H groups in total. The molecule has 2 aliphatic rings. The highest BCUT2D eigenvalue weighted by Gasteiger charge is 2.33. The number of hydrogen-bond acceptors (Lipinski definition) is 4. The molecule has 2 aromatic rings. The van der Waals surface area contributed by atoms with Gasteiger partial charge >= 0.3 is 0 Å². The van der Waals surface area contributed by atoms with E-state index in [9.17, 15) is 4.79 Å². The molecule has 1 aliphatic heterocycles. The Hall–Kier alpha value is -2.14. The van der Waals surface area contributed by atoms with Gasteiger partial charge in [0.05, 0.1) is 6.61 Å². The van der Waals surface area contributed by atoms with Crippen LogP contribution in [-0.2, 0) is 9.53 Å². The molecule has 1 aliphatic carbocycles. The standard InChI is InChI=1S/C18H20N2O3/c21-18(20(14-5-6-14)11-13-9-10-22-12-13)8-7-17-19-15-3-1-2-4-16(15)23-17/h1-4,7-8,13-14H,5-6,9-12H2/b8-7-/t13-/m1/s1. The second-order valence-corrected chi connectivity index (χ2v) is 6.30. The normalized spacial score (nSPS) is 21.3. The van der Waals surface area contributed by atoms with Crippen LogP contribution in [0, 0.1) is 5.92 Å². The zero-order chi connectivity index (χ0) is 15.6. The zero-order valence-corrected chi connectivity index (χ0v) is 13.0. The summed E-state index contributed by atoms with van der Waals surface area (Å²) in [7, 11) is 0. The maximum atomic E-state index is 12.5. The summed E-state index contributed by atoms with van der Waals surface area (Å²) >= 11 is 0. The van der Waals surface area contributed by atoms with E-state index in [0.717, 1.165) is 50.1 Å². The molecular weight excluding hydrogens is 292 g/mol. The second kappa shape index (κ2) is 6.16. The highest BCUT2D eigenvalue weighted by atomic mass is 16.5. The van der Waals surface area contributed by atoms with Crippen LogP contribution >= 0.6 is 0 Å². The summed E-state index contributed by atoms with van der Waals surface area (Å²) in [5, 5.41) is 0. The summed E-state index contributed by atoms with van der Waals surface area (Å²) < 4.78 is 11.0. The molecule has 5 heteroatoms. The first-order valence-electron chi connectivity index (χ1n) is 8.21. The fraction of sp³-hybridized carbons (Fsp3) is 0.444. The lowest BCUT2D eigenvalue weighted by Crippen LogP contribution is -2.36. The molecule has 1 aromatic heterocycles. The summed E-state index contributed by atoms with van der Waals surface area (Å²) in [6.07, 6.45) is 6.51. The van der Waals surface area contributed by atoms with Gasteiger partial charge in [-0.2, -0.15) is 0 Å². The Balaban J connectivity index is 1.45. The van der Waals surface area contributed by atoms with Crippen LogP contribution in [0.3, 0.4) is 0 Å². The van der Waals surface area contributed by atoms with E-state index in [4.69, 9.17) is 9.15 Å². The first kappa shape index (κ1) is 14.5. The van der Waals surface area contributed by atoms with Crippen molar-refractivity contribution in [3.8, 4) is 0 Å². The van der Waals surface area contributed by atoms with Gasteiger partial charge < -0.3 is 14.1 Å². The van der Waals surface area contributed by atoms with E-state index in [2.05, 4.69) is 4.98 Å². The Morgan fingerprint density at radius 2 is 2.17 bits per heavy atom. The zero-order valence-electron chi connectivity index (χ0n) is 13.0. The van der Waals surface area contributed by atoms with Crippen molar-refractivity contribution in [3.63, 3.8) is 0 Å². The molecule has 1 atom stereocenters. The van der Waals surface area contributed by atoms with Crippen LogP contribution in [0.1, 0.15) is 25.2 Å². The number of ether oxygens (including phenoxy) is 1. The molecular formula is C18H20N2O3. The van der Waals surface area contributed by atoms with Gasteiger partial charge in [0, 0.05) is 37.3 Å². The summed E-state index contributed by atoms with van der Waals surface area (Å²) in [5.74, 6) is 0.985. The molecule has 5 nitrogen and oxygen atoms in total. The summed E-state index contributed by atoms with van der Waals surface area (Å²) in [4.78, 5) is 18.9. The lowest BCUT2D eigenvalue weighted by atomic mass is 10.1. The maximum Gasteiger partial charge on any atom is 0.247 e. The van der Waals surface area contributed by atoms with Gasteiger partial charge in [-0.1, -0.05) is 12.1 Å². The first-order valence-corrected chi connectivity index (χ1v) is 8.21. The van der Waals surface area contributed by atoms with Gasteiger partial charge in [0.2, 0.25) is 11.8 Å². The molecule has 2 fully saturated rings. The highest BCUT2D eigenvalue weighted by molar-refractivity contribution is 5.92. The van der Waals surface area contributed by atoms with E-state index >= 15 is 0 Å². The number of carbonyl (C=O) groups is 1. The predicted molar refractivity (Wildman–Crippen MR) is 86.7 cm³/mol. The van der Waals surface area contributed by atoms with Crippen LogP contribution in [0.4, 0.5) is 0 Å². The molecule has 2 heterocycles. The average molecular weight is 312 g/mol. The molecule has 0 radical (unpaired) electrons. The van der Waals surface area contributed by atoms with Crippen molar-refractivity contribution in [3.05, 3.63) is 36.2 Å². The summed E-state index contributed by atoms with van der Waals surface area (Å²) in [6.45, 7) is 2.38. The third-order valence-corrected chi connectivity index (χ3v) is 4.43. The van der Waals surface area contributed by atoms with Crippen LogP contribution in [0.5, 0.6) is 0 Å². The monoisotopic (exact) mass is 312 g/mol. The third-order valence-electron chi connectivity index (χ3n) is 4.43. The van der Waals surface area contributed by atoms with Crippen molar-refractivity contribution in [2.75, 3.05) is 19.8 Å². The third kappa shape index (κ3) is 3.29. The molecule has 1 saturated heterocycles. The number of benzene rings is 1. The minimum absolute atomic E-state index is 0.0432. The fourth-order valence-electron chi connectivity index (χ4n) is 3.01. The van der Waals surface area contributed by atoms with Crippen molar-refractivity contribution in [2.24, 2.45) is 5.92 Å².